The van der Waals surface area contributed by atoms with E-state index < -0.39 is 5.91 Å². The van der Waals surface area contributed by atoms with Gasteiger partial charge in [-0.15, -0.1) is 10.2 Å². The van der Waals surface area contributed by atoms with Gasteiger partial charge in [0.25, 0.3) is 5.91 Å². The monoisotopic (exact) mass is 329 g/mol. The van der Waals surface area contributed by atoms with Crippen LogP contribution in [0.3, 0.4) is 0 Å². The van der Waals surface area contributed by atoms with Crippen molar-refractivity contribution in [3.05, 3.63) is 60.0 Å². The molecule has 2 aromatic heterocycles. The summed E-state index contributed by atoms with van der Waals surface area (Å²) in [5, 5.41) is 10.8. The molecule has 6 heteroatoms. The molecule has 0 aliphatic rings. The highest BCUT2D eigenvalue weighted by atomic mass is 16.1. The lowest BCUT2D eigenvalue weighted by Gasteiger charge is -2.12. The lowest BCUT2D eigenvalue weighted by atomic mass is 9.95. The van der Waals surface area contributed by atoms with Crippen molar-refractivity contribution in [3.8, 4) is 11.1 Å². The molecule has 0 bridgehead atoms. The maximum absolute atomic E-state index is 11.6. The highest BCUT2D eigenvalue weighted by Gasteiger charge is 2.17. The maximum atomic E-state index is 11.6. The first-order chi connectivity index (χ1) is 12.0. The van der Waals surface area contributed by atoms with Crippen LogP contribution in [0.15, 0.2) is 48.8 Å². The number of primary amides is 1. The molecule has 6 nitrogen and oxygen atoms in total. The van der Waals surface area contributed by atoms with Gasteiger partial charge in [0, 0.05) is 23.2 Å². The van der Waals surface area contributed by atoms with E-state index >= 15 is 0 Å². The molecule has 0 saturated carbocycles. The van der Waals surface area contributed by atoms with E-state index in [1.807, 2.05) is 43.5 Å². The average Bonchev–Trinajstić information content (AvgIpc) is 2.60. The normalized spacial score (nSPS) is 11.1. The van der Waals surface area contributed by atoms with Crippen molar-refractivity contribution in [2.75, 3.05) is 5.73 Å². The van der Waals surface area contributed by atoms with Crippen molar-refractivity contribution >= 4 is 33.3 Å². The number of nitrogen functional groups attached to an aromatic ring is 1. The minimum absolute atomic E-state index is 0.0115. The Morgan fingerprint density at radius 3 is 2.68 bits per heavy atom. The topological polar surface area (TPSA) is 108 Å². The number of benzene rings is 2. The molecular formula is C19H15N5O. The first-order valence-corrected chi connectivity index (χ1v) is 7.75. The molecule has 0 aliphatic carbocycles. The highest BCUT2D eigenvalue weighted by molar-refractivity contribution is 6.10. The van der Waals surface area contributed by atoms with Gasteiger partial charge in [-0.1, -0.05) is 18.2 Å². The van der Waals surface area contributed by atoms with Crippen LogP contribution < -0.4 is 11.5 Å². The standard InChI is InChI=1S/C19H15N5O/c1-10-6-14(12-2-3-13-9-22-5-4-11(13)8-12)16-15(7-10)23-24-18(17(16)20)19(21)25/h2-9H,1H3,(H2,20,23)(H2,21,25). The van der Waals surface area contributed by atoms with Gasteiger partial charge < -0.3 is 11.5 Å². The zero-order valence-electron chi connectivity index (χ0n) is 13.5. The molecule has 4 N–H and O–H groups in total. The Hall–Kier alpha value is -3.54. The summed E-state index contributed by atoms with van der Waals surface area (Å²) in [6.07, 6.45) is 3.57. The predicted octanol–water partition coefficient (Wildman–Crippen LogP) is 2.83. The number of carbonyl (C=O) groups excluding carboxylic acids is 1. The third kappa shape index (κ3) is 2.44. The maximum Gasteiger partial charge on any atom is 0.271 e. The molecule has 0 atom stereocenters. The molecule has 4 rings (SSSR count). The molecule has 1 amide bonds. The fraction of sp³-hybridized carbons (Fsp3) is 0.0526. The van der Waals surface area contributed by atoms with Gasteiger partial charge in [-0.2, -0.15) is 0 Å². The summed E-state index contributed by atoms with van der Waals surface area (Å²) in [5.74, 6) is -0.692. The summed E-state index contributed by atoms with van der Waals surface area (Å²) in [5.41, 5.74) is 15.3. The molecule has 2 aromatic carbocycles. The predicted molar refractivity (Wildman–Crippen MR) is 97.9 cm³/mol. The van der Waals surface area contributed by atoms with Crippen LogP contribution in [-0.2, 0) is 0 Å². The number of nitrogens with two attached hydrogens (primary N) is 2. The second-order valence-electron chi connectivity index (χ2n) is 5.97. The van der Waals surface area contributed by atoms with Gasteiger partial charge in [0.2, 0.25) is 0 Å². The van der Waals surface area contributed by atoms with Crippen LogP contribution in [0.5, 0.6) is 0 Å². The van der Waals surface area contributed by atoms with Crippen LogP contribution in [0.4, 0.5) is 5.69 Å². The average molecular weight is 329 g/mol. The fourth-order valence-electron chi connectivity index (χ4n) is 3.07. The molecular weight excluding hydrogens is 314 g/mol. The second-order valence-corrected chi connectivity index (χ2v) is 5.97. The van der Waals surface area contributed by atoms with Gasteiger partial charge in [-0.25, -0.2) is 0 Å². The van der Waals surface area contributed by atoms with E-state index in [4.69, 9.17) is 11.5 Å². The minimum atomic E-state index is -0.692. The third-order valence-corrected chi connectivity index (χ3v) is 4.23. The summed E-state index contributed by atoms with van der Waals surface area (Å²) >= 11 is 0. The third-order valence-electron chi connectivity index (χ3n) is 4.23. The van der Waals surface area contributed by atoms with Gasteiger partial charge in [-0.3, -0.25) is 9.78 Å². The largest absolute Gasteiger partial charge is 0.396 e. The molecule has 2 heterocycles. The number of fused-ring (bicyclic) bond motifs is 2. The van der Waals surface area contributed by atoms with Gasteiger partial charge in [0.05, 0.1) is 11.2 Å². The number of hydrogen-bond acceptors (Lipinski definition) is 5. The Bertz CT molecular complexity index is 1150. The number of amides is 1. The van der Waals surface area contributed by atoms with Crippen LogP contribution in [0.2, 0.25) is 0 Å². The van der Waals surface area contributed by atoms with Crippen molar-refractivity contribution in [2.24, 2.45) is 5.73 Å². The summed E-state index contributed by atoms with van der Waals surface area (Å²) in [4.78, 5) is 15.7. The van der Waals surface area contributed by atoms with Crippen LogP contribution in [0, 0.1) is 6.92 Å². The minimum Gasteiger partial charge on any atom is -0.396 e. The molecule has 0 spiro atoms. The van der Waals surface area contributed by atoms with E-state index in [9.17, 15) is 4.79 Å². The van der Waals surface area contributed by atoms with Crippen LogP contribution in [-0.4, -0.2) is 21.1 Å². The zero-order chi connectivity index (χ0) is 17.6. The van der Waals surface area contributed by atoms with Gasteiger partial charge >= 0.3 is 0 Å². The Kier molecular flexibility index (Phi) is 3.32. The molecule has 122 valence electrons. The number of pyridine rings is 1. The van der Waals surface area contributed by atoms with E-state index in [2.05, 4.69) is 21.2 Å². The summed E-state index contributed by atoms with van der Waals surface area (Å²) in [6.45, 7) is 1.98. The van der Waals surface area contributed by atoms with Crippen molar-refractivity contribution < 1.29 is 4.79 Å². The lowest BCUT2D eigenvalue weighted by Crippen LogP contribution is -2.17. The number of carbonyl (C=O) groups is 1. The number of rotatable bonds is 2. The first-order valence-electron chi connectivity index (χ1n) is 7.75. The van der Waals surface area contributed by atoms with Crippen molar-refractivity contribution in [1.82, 2.24) is 15.2 Å². The molecule has 0 saturated heterocycles. The highest BCUT2D eigenvalue weighted by Crippen LogP contribution is 2.35. The van der Waals surface area contributed by atoms with Gasteiger partial charge in [-0.05, 0) is 47.2 Å². The Morgan fingerprint density at radius 1 is 1.04 bits per heavy atom. The molecule has 0 fully saturated rings. The summed E-state index contributed by atoms with van der Waals surface area (Å²) in [6, 6.07) is 11.9. The van der Waals surface area contributed by atoms with Crippen LogP contribution >= 0.6 is 0 Å². The summed E-state index contributed by atoms with van der Waals surface area (Å²) in [7, 11) is 0. The zero-order valence-corrected chi connectivity index (χ0v) is 13.5. The van der Waals surface area contributed by atoms with Crippen LogP contribution in [0.25, 0.3) is 32.8 Å². The van der Waals surface area contributed by atoms with Crippen molar-refractivity contribution in [1.29, 1.82) is 0 Å². The Labute approximate surface area is 143 Å². The van der Waals surface area contributed by atoms with E-state index in [0.29, 0.717) is 10.9 Å². The van der Waals surface area contributed by atoms with E-state index in [1.54, 1.807) is 6.20 Å². The lowest BCUT2D eigenvalue weighted by molar-refractivity contribution is 0.0996. The van der Waals surface area contributed by atoms with Gasteiger partial charge in [0.15, 0.2) is 5.69 Å². The number of hydrogen-bond donors (Lipinski definition) is 2. The first kappa shape index (κ1) is 15.0. The number of anilines is 1. The molecule has 0 unspecified atom stereocenters. The van der Waals surface area contributed by atoms with Crippen molar-refractivity contribution in [3.63, 3.8) is 0 Å². The number of nitrogens with zero attached hydrogens (tertiary/aromatic N) is 3. The SMILES string of the molecule is Cc1cc(-c2ccc3cnccc3c2)c2c(N)c(C(N)=O)nnc2c1. The van der Waals surface area contributed by atoms with E-state index in [1.165, 1.54) is 0 Å². The second kappa shape index (κ2) is 5.52. The van der Waals surface area contributed by atoms with E-state index in [0.717, 1.165) is 27.5 Å². The van der Waals surface area contributed by atoms with E-state index in [-0.39, 0.29) is 11.4 Å². The molecule has 0 aliphatic heterocycles. The summed E-state index contributed by atoms with van der Waals surface area (Å²) < 4.78 is 0. The quantitative estimate of drug-likeness (QED) is 0.588. The molecule has 4 aromatic rings. The number of aryl methyl sites for hydroxylation is 1. The van der Waals surface area contributed by atoms with Crippen molar-refractivity contribution in [2.45, 2.75) is 6.92 Å². The molecule has 0 radical (unpaired) electrons. The number of aromatic nitrogens is 3. The molecule has 25 heavy (non-hydrogen) atoms. The van der Waals surface area contributed by atoms with Crippen LogP contribution in [0.1, 0.15) is 16.1 Å². The van der Waals surface area contributed by atoms with Gasteiger partial charge in [0.1, 0.15) is 0 Å². The fourth-order valence-corrected chi connectivity index (χ4v) is 3.07. The smallest absolute Gasteiger partial charge is 0.271 e. The Morgan fingerprint density at radius 2 is 1.88 bits per heavy atom. The Balaban J connectivity index is 2.08.